The number of hydrogen-bond donors (Lipinski definition) is 1. The first-order chi connectivity index (χ1) is 9.63. The maximum atomic E-state index is 5.72. The first kappa shape index (κ1) is 13.3. The number of aromatic nitrogens is 2. The summed E-state index contributed by atoms with van der Waals surface area (Å²) >= 11 is 1.81. The van der Waals surface area contributed by atoms with Crippen molar-refractivity contribution < 1.29 is 0 Å². The fraction of sp³-hybridized carbons (Fsp3) is 0.312. The van der Waals surface area contributed by atoms with Gasteiger partial charge in [-0.25, -0.2) is 4.98 Å². The van der Waals surface area contributed by atoms with Gasteiger partial charge in [0.05, 0.1) is 15.9 Å². The first-order valence-electron chi connectivity index (χ1n) is 6.90. The summed E-state index contributed by atoms with van der Waals surface area (Å²) in [6, 6.07) is 8.55. The van der Waals surface area contributed by atoms with Crippen molar-refractivity contribution in [3.8, 4) is 10.7 Å². The normalized spacial score (nSPS) is 11.4. The number of nitrogens with two attached hydrogens (primary N) is 1. The zero-order valence-corrected chi connectivity index (χ0v) is 12.9. The van der Waals surface area contributed by atoms with Gasteiger partial charge >= 0.3 is 0 Å². The lowest BCUT2D eigenvalue weighted by Crippen LogP contribution is -1.97. The van der Waals surface area contributed by atoms with Crippen molar-refractivity contribution in [2.24, 2.45) is 5.73 Å². The molecule has 0 spiro atoms. The van der Waals surface area contributed by atoms with E-state index in [0.717, 1.165) is 23.4 Å². The molecule has 0 fully saturated rings. The fourth-order valence-electron chi connectivity index (χ4n) is 2.49. The lowest BCUT2D eigenvalue weighted by Gasteiger charge is -2.04. The van der Waals surface area contributed by atoms with E-state index in [1.165, 1.54) is 20.8 Å². The van der Waals surface area contributed by atoms with Crippen molar-refractivity contribution >= 4 is 22.4 Å². The minimum absolute atomic E-state index is 0.557. The average Bonchev–Trinajstić information content (AvgIpc) is 2.98. The fourth-order valence-corrected chi connectivity index (χ4v) is 3.53. The lowest BCUT2D eigenvalue weighted by atomic mass is 10.2. The molecule has 0 bridgehead atoms. The van der Waals surface area contributed by atoms with Crippen LogP contribution in [0.2, 0.25) is 0 Å². The van der Waals surface area contributed by atoms with Crippen LogP contribution in [-0.2, 0) is 13.1 Å². The Hall–Kier alpha value is -1.65. The van der Waals surface area contributed by atoms with Gasteiger partial charge in [-0.05, 0) is 50.1 Å². The Morgan fingerprint density at radius 1 is 1.25 bits per heavy atom. The third kappa shape index (κ3) is 2.05. The van der Waals surface area contributed by atoms with Crippen LogP contribution in [0.15, 0.2) is 24.3 Å². The van der Waals surface area contributed by atoms with Crippen LogP contribution in [0, 0.1) is 13.8 Å². The summed E-state index contributed by atoms with van der Waals surface area (Å²) in [4.78, 5) is 7.44. The molecule has 2 aromatic heterocycles. The quantitative estimate of drug-likeness (QED) is 0.794. The predicted molar refractivity (Wildman–Crippen MR) is 86.1 cm³/mol. The number of rotatable bonds is 3. The van der Waals surface area contributed by atoms with Crippen molar-refractivity contribution in [3.63, 3.8) is 0 Å². The highest BCUT2D eigenvalue weighted by atomic mass is 32.1. The van der Waals surface area contributed by atoms with E-state index in [9.17, 15) is 0 Å². The van der Waals surface area contributed by atoms with Gasteiger partial charge < -0.3 is 10.3 Å². The van der Waals surface area contributed by atoms with Crippen molar-refractivity contribution in [1.29, 1.82) is 0 Å². The molecule has 3 rings (SSSR count). The molecule has 0 atom stereocenters. The third-order valence-corrected chi connectivity index (χ3v) is 4.90. The molecule has 104 valence electrons. The van der Waals surface area contributed by atoms with E-state index in [0.29, 0.717) is 6.54 Å². The van der Waals surface area contributed by atoms with Gasteiger partial charge in [0.2, 0.25) is 0 Å². The standard InChI is InChI=1S/C16H19N3S/c1-4-19-14-6-5-12(9-17)8-13(14)18-16(19)15-7-10(2)11(3)20-15/h5-8H,4,9,17H2,1-3H3. The maximum Gasteiger partial charge on any atom is 0.151 e. The summed E-state index contributed by atoms with van der Waals surface area (Å²) in [5, 5.41) is 0. The van der Waals surface area contributed by atoms with Crippen LogP contribution in [0.3, 0.4) is 0 Å². The van der Waals surface area contributed by atoms with Crippen LogP contribution in [0.5, 0.6) is 0 Å². The van der Waals surface area contributed by atoms with E-state index in [-0.39, 0.29) is 0 Å². The third-order valence-electron chi connectivity index (χ3n) is 3.75. The zero-order chi connectivity index (χ0) is 14.3. The van der Waals surface area contributed by atoms with Crippen molar-refractivity contribution in [2.75, 3.05) is 0 Å². The number of nitrogens with zero attached hydrogens (tertiary/aromatic N) is 2. The highest BCUT2D eigenvalue weighted by Crippen LogP contribution is 2.32. The second kappa shape index (κ2) is 5.04. The molecule has 4 heteroatoms. The molecule has 3 aromatic rings. The number of fused-ring (bicyclic) bond motifs is 1. The summed E-state index contributed by atoms with van der Waals surface area (Å²) in [6.45, 7) is 7.95. The monoisotopic (exact) mass is 285 g/mol. The van der Waals surface area contributed by atoms with Gasteiger partial charge in [-0.3, -0.25) is 0 Å². The van der Waals surface area contributed by atoms with Gasteiger partial charge in [0.1, 0.15) is 0 Å². The topological polar surface area (TPSA) is 43.8 Å². The Morgan fingerprint density at radius 3 is 2.65 bits per heavy atom. The number of imidazole rings is 1. The number of aryl methyl sites for hydroxylation is 3. The lowest BCUT2D eigenvalue weighted by molar-refractivity contribution is 0.798. The van der Waals surface area contributed by atoms with E-state index >= 15 is 0 Å². The highest BCUT2D eigenvalue weighted by Gasteiger charge is 2.14. The molecule has 0 aliphatic heterocycles. The smallest absolute Gasteiger partial charge is 0.151 e. The SMILES string of the molecule is CCn1c(-c2cc(C)c(C)s2)nc2cc(CN)ccc21. The molecule has 20 heavy (non-hydrogen) atoms. The van der Waals surface area contributed by atoms with Crippen molar-refractivity contribution in [2.45, 2.75) is 33.9 Å². The van der Waals surface area contributed by atoms with E-state index < -0.39 is 0 Å². The first-order valence-corrected chi connectivity index (χ1v) is 7.72. The summed E-state index contributed by atoms with van der Waals surface area (Å²) in [7, 11) is 0. The van der Waals surface area contributed by atoms with Crippen molar-refractivity contribution in [3.05, 3.63) is 40.3 Å². The second-order valence-corrected chi connectivity index (χ2v) is 6.31. The van der Waals surface area contributed by atoms with Crippen molar-refractivity contribution in [1.82, 2.24) is 9.55 Å². The van der Waals surface area contributed by atoms with Gasteiger partial charge in [0.25, 0.3) is 0 Å². The van der Waals surface area contributed by atoms with E-state index in [2.05, 4.69) is 49.6 Å². The number of thiophene rings is 1. The molecule has 0 radical (unpaired) electrons. The molecule has 3 nitrogen and oxygen atoms in total. The molecule has 0 aliphatic carbocycles. The van der Waals surface area contributed by atoms with Crippen LogP contribution < -0.4 is 5.73 Å². The minimum Gasteiger partial charge on any atom is -0.326 e. The average molecular weight is 285 g/mol. The Kier molecular flexibility index (Phi) is 3.36. The molecule has 2 N–H and O–H groups in total. The van der Waals surface area contributed by atoms with E-state index in [4.69, 9.17) is 10.7 Å². The molecule has 0 saturated carbocycles. The Labute approximate surface area is 123 Å². The number of benzene rings is 1. The largest absolute Gasteiger partial charge is 0.326 e. The van der Waals surface area contributed by atoms with Crippen LogP contribution in [0.4, 0.5) is 0 Å². The van der Waals surface area contributed by atoms with Gasteiger partial charge in [-0.2, -0.15) is 0 Å². The van der Waals surface area contributed by atoms with Gasteiger partial charge in [0, 0.05) is 18.0 Å². The minimum atomic E-state index is 0.557. The summed E-state index contributed by atoms with van der Waals surface area (Å²) in [5.41, 5.74) is 10.4. The van der Waals surface area contributed by atoms with Crippen LogP contribution in [0.25, 0.3) is 21.7 Å². The molecule has 0 unspecified atom stereocenters. The highest BCUT2D eigenvalue weighted by molar-refractivity contribution is 7.15. The summed E-state index contributed by atoms with van der Waals surface area (Å²) in [6.07, 6.45) is 0. The Balaban J connectivity index is 2.24. The molecular formula is C16H19N3S. The summed E-state index contributed by atoms with van der Waals surface area (Å²) < 4.78 is 2.28. The van der Waals surface area contributed by atoms with Gasteiger partial charge in [-0.15, -0.1) is 11.3 Å². The molecule has 0 amide bonds. The van der Waals surface area contributed by atoms with Crippen LogP contribution >= 0.6 is 11.3 Å². The molecular weight excluding hydrogens is 266 g/mol. The Morgan fingerprint density at radius 2 is 2.05 bits per heavy atom. The number of hydrogen-bond acceptors (Lipinski definition) is 3. The predicted octanol–water partition coefficient (Wildman–Crippen LogP) is 3.86. The van der Waals surface area contributed by atoms with Crippen LogP contribution in [0.1, 0.15) is 22.9 Å². The van der Waals surface area contributed by atoms with E-state index in [1.54, 1.807) is 0 Å². The zero-order valence-electron chi connectivity index (χ0n) is 12.1. The maximum absolute atomic E-state index is 5.72. The van der Waals surface area contributed by atoms with Gasteiger partial charge in [0.15, 0.2) is 5.82 Å². The van der Waals surface area contributed by atoms with Crippen LogP contribution in [-0.4, -0.2) is 9.55 Å². The molecule has 2 heterocycles. The second-order valence-electron chi connectivity index (χ2n) is 5.06. The Bertz CT molecular complexity index is 748. The molecule has 0 aliphatic rings. The molecule has 0 saturated heterocycles. The van der Waals surface area contributed by atoms with Gasteiger partial charge in [-0.1, -0.05) is 6.07 Å². The van der Waals surface area contributed by atoms with E-state index in [1.807, 2.05) is 11.3 Å². The molecule has 1 aromatic carbocycles. The summed E-state index contributed by atoms with van der Waals surface area (Å²) in [5.74, 6) is 1.07.